The Balaban J connectivity index is 1.53. The van der Waals surface area contributed by atoms with Crippen LogP contribution < -0.4 is 5.32 Å². The third-order valence-electron chi connectivity index (χ3n) is 7.47. The maximum absolute atomic E-state index is 13.7. The van der Waals surface area contributed by atoms with Crippen molar-refractivity contribution in [2.45, 2.75) is 76.5 Å². The molecule has 2 aliphatic heterocycles. The number of aromatic nitrogens is 1. The summed E-state index contributed by atoms with van der Waals surface area (Å²) in [5, 5.41) is 4.01. The lowest BCUT2D eigenvalue weighted by Crippen LogP contribution is -2.57. The van der Waals surface area contributed by atoms with Gasteiger partial charge in [0.15, 0.2) is 0 Å². The molecule has 5 atom stereocenters. The monoisotopic (exact) mass is 395 g/mol. The second-order valence-corrected chi connectivity index (χ2v) is 9.93. The van der Waals surface area contributed by atoms with Crippen LogP contribution in [0.2, 0.25) is 0 Å². The van der Waals surface area contributed by atoms with E-state index in [0.29, 0.717) is 18.1 Å². The number of nitrogens with zero attached hydrogens (tertiary/aromatic N) is 2. The SMILES string of the molecule is Cc1ncsc1C(=O)N1[C@H]2CCCC[C@H]3N[C@H](Cc4ccccc4)[C@@H]1C[C@@]23C. The summed E-state index contributed by atoms with van der Waals surface area (Å²) in [7, 11) is 0. The van der Waals surface area contributed by atoms with E-state index in [9.17, 15) is 4.79 Å². The molecule has 1 saturated carbocycles. The van der Waals surface area contributed by atoms with Crippen molar-refractivity contribution >= 4 is 17.2 Å². The standard InChI is InChI=1S/C23H29N3OS/c1-15-21(28-14-24-15)22(27)26-18-13-23(2)19(10-6-7-11-20(23)26)25-17(18)12-16-8-4-3-5-9-16/h3-5,8-9,14,17-20,25H,6-7,10-13H2,1-2H3/t17-,18+,19-,20+,23-/m1/s1. The minimum absolute atomic E-state index is 0.183. The van der Waals surface area contributed by atoms with Crippen molar-refractivity contribution in [1.82, 2.24) is 15.2 Å². The number of nitrogens with one attached hydrogen (secondary N) is 1. The molecule has 2 saturated heterocycles. The summed E-state index contributed by atoms with van der Waals surface area (Å²) in [6, 6.07) is 12.2. The number of benzene rings is 1. The Morgan fingerprint density at radius 3 is 2.82 bits per heavy atom. The van der Waals surface area contributed by atoms with E-state index >= 15 is 0 Å². The van der Waals surface area contributed by atoms with Crippen molar-refractivity contribution in [3.63, 3.8) is 0 Å². The predicted molar refractivity (Wildman–Crippen MR) is 113 cm³/mol. The maximum atomic E-state index is 13.7. The first-order chi connectivity index (χ1) is 13.6. The van der Waals surface area contributed by atoms with Crippen molar-refractivity contribution < 1.29 is 4.79 Å². The van der Waals surface area contributed by atoms with Crippen molar-refractivity contribution in [2.75, 3.05) is 0 Å². The van der Waals surface area contributed by atoms with Crippen LogP contribution >= 0.6 is 11.3 Å². The molecule has 1 aromatic heterocycles. The van der Waals surface area contributed by atoms with Crippen LogP contribution in [-0.2, 0) is 6.42 Å². The fourth-order valence-corrected chi connectivity index (χ4v) is 6.80. The molecular weight excluding hydrogens is 366 g/mol. The Bertz CT molecular complexity index is 866. The number of fused-ring (bicyclic) bond motifs is 1. The van der Waals surface area contributed by atoms with Crippen LogP contribution in [0.4, 0.5) is 0 Å². The van der Waals surface area contributed by atoms with Gasteiger partial charge in [-0.2, -0.15) is 0 Å². The fraction of sp³-hybridized carbons (Fsp3) is 0.565. The molecule has 5 rings (SSSR count). The Morgan fingerprint density at radius 1 is 1.29 bits per heavy atom. The smallest absolute Gasteiger partial charge is 0.266 e. The van der Waals surface area contributed by atoms with E-state index in [2.05, 4.69) is 52.5 Å². The molecule has 148 valence electrons. The first-order valence-electron chi connectivity index (χ1n) is 10.6. The number of hydrogen-bond donors (Lipinski definition) is 1. The summed E-state index contributed by atoms with van der Waals surface area (Å²) < 4.78 is 0. The number of carbonyl (C=O) groups excluding carboxylic acids is 1. The fourth-order valence-electron chi connectivity index (χ4n) is 6.05. The van der Waals surface area contributed by atoms with Crippen molar-refractivity contribution in [2.24, 2.45) is 5.41 Å². The number of piperidine rings is 1. The molecule has 5 heteroatoms. The van der Waals surface area contributed by atoms with E-state index in [0.717, 1.165) is 29.8 Å². The normalized spacial score (nSPS) is 34.3. The number of aryl methyl sites for hydroxylation is 1. The highest BCUT2D eigenvalue weighted by atomic mass is 32.1. The molecule has 1 N–H and O–H groups in total. The second-order valence-electron chi connectivity index (χ2n) is 9.07. The number of rotatable bonds is 3. The van der Waals surface area contributed by atoms with Crippen molar-refractivity contribution in [3.8, 4) is 0 Å². The molecule has 28 heavy (non-hydrogen) atoms. The summed E-state index contributed by atoms with van der Waals surface area (Å²) in [4.78, 5) is 21.2. The van der Waals surface area contributed by atoms with Crippen LogP contribution in [0.1, 0.15) is 60.0 Å². The van der Waals surface area contributed by atoms with Gasteiger partial charge in [-0.15, -0.1) is 11.3 Å². The molecular formula is C23H29N3OS. The summed E-state index contributed by atoms with van der Waals surface area (Å²) in [5.41, 5.74) is 4.22. The highest BCUT2D eigenvalue weighted by Crippen LogP contribution is 2.52. The van der Waals surface area contributed by atoms with Gasteiger partial charge in [-0.1, -0.05) is 50.1 Å². The van der Waals surface area contributed by atoms with Gasteiger partial charge < -0.3 is 10.2 Å². The van der Waals surface area contributed by atoms with E-state index in [1.807, 2.05) is 12.4 Å². The molecule has 0 unspecified atom stereocenters. The zero-order valence-electron chi connectivity index (χ0n) is 16.7. The van der Waals surface area contributed by atoms with Crippen LogP contribution in [0.5, 0.6) is 0 Å². The van der Waals surface area contributed by atoms with E-state index in [4.69, 9.17) is 0 Å². The molecule has 3 aliphatic rings. The minimum atomic E-state index is 0.183. The molecule has 3 heterocycles. The summed E-state index contributed by atoms with van der Waals surface area (Å²) in [5.74, 6) is 0.209. The average molecular weight is 396 g/mol. The zero-order valence-corrected chi connectivity index (χ0v) is 17.5. The lowest BCUT2D eigenvalue weighted by atomic mass is 9.70. The molecule has 2 bridgehead atoms. The molecule has 1 amide bonds. The molecule has 0 radical (unpaired) electrons. The van der Waals surface area contributed by atoms with E-state index in [-0.39, 0.29) is 17.4 Å². The van der Waals surface area contributed by atoms with Gasteiger partial charge in [0.25, 0.3) is 5.91 Å². The number of hydrogen-bond acceptors (Lipinski definition) is 4. The van der Waals surface area contributed by atoms with Gasteiger partial charge in [0.2, 0.25) is 0 Å². The average Bonchev–Trinajstić information content (AvgIpc) is 3.18. The lowest BCUT2D eigenvalue weighted by molar-refractivity contribution is 0.0616. The topological polar surface area (TPSA) is 45.2 Å². The third kappa shape index (κ3) is 2.82. The van der Waals surface area contributed by atoms with E-state index in [1.165, 1.54) is 36.2 Å². The highest BCUT2D eigenvalue weighted by molar-refractivity contribution is 7.11. The highest BCUT2D eigenvalue weighted by Gasteiger charge is 2.60. The van der Waals surface area contributed by atoms with Crippen LogP contribution in [0.15, 0.2) is 35.8 Å². The molecule has 2 aromatic rings. The second kappa shape index (κ2) is 6.96. The third-order valence-corrected chi connectivity index (χ3v) is 8.39. The molecule has 1 aromatic carbocycles. The first kappa shape index (κ1) is 18.3. The summed E-state index contributed by atoms with van der Waals surface area (Å²) >= 11 is 1.50. The largest absolute Gasteiger partial charge is 0.330 e. The quantitative estimate of drug-likeness (QED) is 0.847. The Labute approximate surface area is 171 Å². The van der Waals surface area contributed by atoms with Gasteiger partial charge in [0.1, 0.15) is 4.88 Å². The minimum Gasteiger partial charge on any atom is -0.330 e. The number of carbonyl (C=O) groups is 1. The predicted octanol–water partition coefficient (Wildman–Crippen LogP) is 4.20. The molecule has 3 fully saturated rings. The van der Waals surface area contributed by atoms with Crippen LogP contribution in [0.3, 0.4) is 0 Å². The van der Waals surface area contributed by atoms with Gasteiger partial charge in [0.05, 0.1) is 11.2 Å². The summed E-state index contributed by atoms with van der Waals surface area (Å²) in [6.07, 6.45) is 6.94. The Kier molecular flexibility index (Phi) is 4.55. The van der Waals surface area contributed by atoms with Gasteiger partial charge >= 0.3 is 0 Å². The van der Waals surface area contributed by atoms with Crippen molar-refractivity contribution in [1.29, 1.82) is 0 Å². The van der Waals surface area contributed by atoms with Crippen LogP contribution in [0.25, 0.3) is 0 Å². The molecule has 1 aliphatic carbocycles. The van der Waals surface area contributed by atoms with Gasteiger partial charge in [-0.3, -0.25) is 4.79 Å². The van der Waals surface area contributed by atoms with Gasteiger partial charge in [0, 0.05) is 29.6 Å². The van der Waals surface area contributed by atoms with Crippen molar-refractivity contribution in [3.05, 3.63) is 52.0 Å². The number of thiazole rings is 1. The Hall–Kier alpha value is -1.72. The van der Waals surface area contributed by atoms with Gasteiger partial charge in [-0.05, 0) is 38.2 Å². The van der Waals surface area contributed by atoms with E-state index < -0.39 is 0 Å². The molecule has 0 spiro atoms. The lowest BCUT2D eigenvalue weighted by Gasteiger charge is -2.43. The first-order valence-corrected chi connectivity index (χ1v) is 11.5. The van der Waals surface area contributed by atoms with Crippen LogP contribution in [0, 0.1) is 12.3 Å². The van der Waals surface area contributed by atoms with Gasteiger partial charge in [-0.25, -0.2) is 4.98 Å². The number of likely N-dealkylation sites (tertiary alicyclic amines) is 1. The molecule has 4 nitrogen and oxygen atoms in total. The maximum Gasteiger partial charge on any atom is 0.266 e. The number of amides is 1. The van der Waals surface area contributed by atoms with E-state index in [1.54, 1.807) is 0 Å². The van der Waals surface area contributed by atoms with Crippen LogP contribution in [-0.4, -0.2) is 40.0 Å². The zero-order chi connectivity index (χ0) is 19.3. The Morgan fingerprint density at radius 2 is 2.07 bits per heavy atom. The summed E-state index contributed by atoms with van der Waals surface area (Å²) in [6.45, 7) is 4.39.